The lowest BCUT2D eigenvalue weighted by Crippen LogP contribution is -2.04. The van der Waals surface area contributed by atoms with Crippen molar-refractivity contribution in [3.05, 3.63) is 62.6 Å². The first-order chi connectivity index (χ1) is 9.90. The largest absolute Gasteiger partial charge is 0.489 e. The van der Waals surface area contributed by atoms with E-state index in [4.69, 9.17) is 4.74 Å². The second-order valence-corrected chi connectivity index (χ2v) is 6.60. The second kappa shape index (κ2) is 6.75. The van der Waals surface area contributed by atoms with E-state index in [-0.39, 0.29) is 4.69 Å². The van der Waals surface area contributed by atoms with Crippen molar-refractivity contribution in [1.29, 1.82) is 0 Å². The molecule has 0 bridgehead atoms. The molecule has 0 aliphatic carbocycles. The molecule has 0 saturated carbocycles. The molecule has 0 aliphatic rings. The van der Waals surface area contributed by atoms with Crippen LogP contribution in [0.15, 0.2) is 34.8 Å². The van der Waals surface area contributed by atoms with Gasteiger partial charge >= 0.3 is 0 Å². The smallest absolute Gasteiger partial charge is 0.228 e. The minimum atomic E-state index is -0.140. The number of benzene rings is 2. The highest BCUT2D eigenvalue weighted by molar-refractivity contribution is 9.18. The standard InChI is InChI=1S/C17H16Br2O2/c1-10-7-12(3)16(8-11(10)2)21-9-14-13(17(19)20)5-4-6-15(14)18/h4-8H,9H2,1-3H3. The van der Waals surface area contributed by atoms with E-state index in [1.807, 2.05) is 25.1 Å². The van der Waals surface area contributed by atoms with Crippen LogP contribution in [-0.4, -0.2) is 4.69 Å². The number of rotatable bonds is 4. The molecule has 0 aliphatic heterocycles. The molecule has 0 unspecified atom stereocenters. The van der Waals surface area contributed by atoms with Crippen LogP contribution in [0.4, 0.5) is 0 Å². The van der Waals surface area contributed by atoms with Crippen LogP contribution in [0, 0.1) is 20.8 Å². The molecule has 2 rings (SSSR count). The zero-order valence-corrected chi connectivity index (χ0v) is 15.3. The summed E-state index contributed by atoms with van der Waals surface area (Å²) in [7, 11) is 0. The van der Waals surface area contributed by atoms with Crippen LogP contribution < -0.4 is 4.74 Å². The van der Waals surface area contributed by atoms with Gasteiger partial charge in [0.1, 0.15) is 12.4 Å². The highest BCUT2D eigenvalue weighted by Crippen LogP contribution is 2.27. The minimum Gasteiger partial charge on any atom is -0.489 e. The zero-order valence-electron chi connectivity index (χ0n) is 12.2. The van der Waals surface area contributed by atoms with Crippen molar-refractivity contribution in [3.63, 3.8) is 0 Å². The molecule has 0 saturated heterocycles. The molecule has 0 fully saturated rings. The van der Waals surface area contributed by atoms with E-state index < -0.39 is 0 Å². The Hall–Kier alpha value is -1.13. The Morgan fingerprint density at radius 1 is 1.10 bits per heavy atom. The van der Waals surface area contributed by atoms with Gasteiger partial charge in [-0.05, 0) is 65.5 Å². The average molecular weight is 412 g/mol. The molecule has 21 heavy (non-hydrogen) atoms. The molecular formula is C17H16Br2O2. The number of aryl methyl sites for hydroxylation is 3. The van der Waals surface area contributed by atoms with Gasteiger partial charge in [-0.15, -0.1) is 0 Å². The SMILES string of the molecule is Cc1cc(C)c(OCc2c(Br)cccc2C(=O)Br)cc1C. The predicted molar refractivity (Wildman–Crippen MR) is 92.4 cm³/mol. The molecule has 0 heterocycles. The van der Waals surface area contributed by atoms with Crippen molar-refractivity contribution in [2.24, 2.45) is 0 Å². The highest BCUT2D eigenvalue weighted by Gasteiger charge is 2.13. The molecule has 0 atom stereocenters. The monoisotopic (exact) mass is 410 g/mol. The maximum absolute atomic E-state index is 11.6. The van der Waals surface area contributed by atoms with Crippen molar-refractivity contribution < 1.29 is 9.53 Å². The lowest BCUT2D eigenvalue weighted by Gasteiger charge is -2.14. The van der Waals surface area contributed by atoms with Crippen molar-refractivity contribution >= 4 is 36.6 Å². The van der Waals surface area contributed by atoms with Crippen molar-refractivity contribution in [3.8, 4) is 5.75 Å². The van der Waals surface area contributed by atoms with Crippen LogP contribution in [0.3, 0.4) is 0 Å². The molecule has 2 aromatic carbocycles. The lowest BCUT2D eigenvalue weighted by atomic mass is 10.1. The Balaban J connectivity index is 2.29. The van der Waals surface area contributed by atoms with E-state index in [2.05, 4.69) is 51.8 Å². The lowest BCUT2D eigenvalue weighted by molar-refractivity contribution is 0.109. The molecule has 2 nitrogen and oxygen atoms in total. The summed E-state index contributed by atoms with van der Waals surface area (Å²) in [6.07, 6.45) is 0. The zero-order chi connectivity index (χ0) is 15.6. The topological polar surface area (TPSA) is 26.3 Å². The molecular weight excluding hydrogens is 396 g/mol. The van der Waals surface area contributed by atoms with Crippen molar-refractivity contribution in [1.82, 2.24) is 0 Å². The van der Waals surface area contributed by atoms with Gasteiger partial charge in [0, 0.05) is 15.6 Å². The van der Waals surface area contributed by atoms with Gasteiger partial charge in [0.2, 0.25) is 4.69 Å². The molecule has 0 spiro atoms. The molecule has 110 valence electrons. The Labute approximate surface area is 141 Å². The van der Waals surface area contributed by atoms with Gasteiger partial charge in [-0.1, -0.05) is 34.1 Å². The third-order valence-corrected chi connectivity index (χ3v) is 4.66. The highest BCUT2D eigenvalue weighted by atomic mass is 79.9. The van der Waals surface area contributed by atoms with E-state index in [0.29, 0.717) is 12.2 Å². The molecule has 0 N–H and O–H groups in total. The maximum atomic E-state index is 11.6. The maximum Gasteiger partial charge on any atom is 0.228 e. The number of hydrogen-bond donors (Lipinski definition) is 0. The number of carbonyl (C=O) groups is 1. The summed E-state index contributed by atoms with van der Waals surface area (Å²) in [6, 6.07) is 9.68. The van der Waals surface area contributed by atoms with Crippen molar-refractivity contribution in [2.45, 2.75) is 27.4 Å². The van der Waals surface area contributed by atoms with Crippen LogP contribution in [0.2, 0.25) is 0 Å². The van der Waals surface area contributed by atoms with E-state index in [9.17, 15) is 4.79 Å². The van der Waals surface area contributed by atoms with E-state index in [1.54, 1.807) is 6.07 Å². The Morgan fingerprint density at radius 3 is 2.43 bits per heavy atom. The number of halogens is 2. The van der Waals surface area contributed by atoms with E-state index >= 15 is 0 Å². The predicted octanol–water partition coefficient (Wildman–Crippen LogP) is 5.49. The molecule has 0 aromatic heterocycles. The fourth-order valence-corrected chi connectivity index (χ4v) is 2.98. The Morgan fingerprint density at radius 2 is 1.76 bits per heavy atom. The quantitative estimate of drug-likeness (QED) is 0.622. The molecule has 4 heteroatoms. The summed E-state index contributed by atoms with van der Waals surface area (Å²) in [5, 5.41) is 0. The Bertz CT molecular complexity index is 693. The van der Waals surface area contributed by atoms with Gasteiger partial charge in [-0.25, -0.2) is 0 Å². The molecule has 0 radical (unpaired) electrons. The van der Waals surface area contributed by atoms with Crippen molar-refractivity contribution in [2.75, 3.05) is 0 Å². The third kappa shape index (κ3) is 3.74. The fraction of sp³-hybridized carbons (Fsp3) is 0.235. The normalized spacial score (nSPS) is 10.5. The fourth-order valence-electron chi connectivity index (χ4n) is 2.13. The van der Waals surface area contributed by atoms with Gasteiger partial charge in [-0.2, -0.15) is 0 Å². The van der Waals surface area contributed by atoms with Gasteiger partial charge in [-0.3, -0.25) is 4.79 Å². The summed E-state index contributed by atoms with van der Waals surface area (Å²) in [5.41, 5.74) is 5.00. The van der Waals surface area contributed by atoms with Crippen LogP contribution in [0.1, 0.15) is 32.6 Å². The van der Waals surface area contributed by atoms with Gasteiger partial charge in [0.05, 0.1) is 0 Å². The first kappa shape index (κ1) is 16.2. The average Bonchev–Trinajstić information content (AvgIpc) is 2.42. The summed E-state index contributed by atoms with van der Waals surface area (Å²) in [5.74, 6) is 0.849. The summed E-state index contributed by atoms with van der Waals surface area (Å²) < 4.78 is 6.66. The summed E-state index contributed by atoms with van der Waals surface area (Å²) in [6.45, 7) is 6.52. The van der Waals surface area contributed by atoms with E-state index in [1.165, 1.54) is 11.1 Å². The van der Waals surface area contributed by atoms with E-state index in [0.717, 1.165) is 21.3 Å². The first-order valence-electron chi connectivity index (χ1n) is 6.58. The van der Waals surface area contributed by atoms with Crippen LogP contribution >= 0.6 is 31.9 Å². The number of ether oxygens (including phenoxy) is 1. The summed E-state index contributed by atoms with van der Waals surface area (Å²) in [4.78, 5) is 11.6. The second-order valence-electron chi connectivity index (χ2n) is 5.03. The number of carbonyl (C=O) groups excluding carboxylic acids is 1. The van der Waals surface area contributed by atoms with Crippen LogP contribution in [0.25, 0.3) is 0 Å². The van der Waals surface area contributed by atoms with Gasteiger partial charge in [0.15, 0.2) is 0 Å². The Kier molecular flexibility index (Phi) is 5.22. The molecule has 2 aromatic rings. The van der Waals surface area contributed by atoms with Gasteiger partial charge < -0.3 is 4.74 Å². The number of hydrogen-bond acceptors (Lipinski definition) is 2. The van der Waals surface area contributed by atoms with Crippen LogP contribution in [-0.2, 0) is 6.61 Å². The minimum absolute atomic E-state index is 0.140. The van der Waals surface area contributed by atoms with Crippen LogP contribution in [0.5, 0.6) is 5.75 Å². The molecule has 0 amide bonds. The first-order valence-corrected chi connectivity index (χ1v) is 8.16. The summed E-state index contributed by atoms with van der Waals surface area (Å²) >= 11 is 6.49. The third-order valence-electron chi connectivity index (χ3n) is 3.49. The van der Waals surface area contributed by atoms with Gasteiger partial charge in [0.25, 0.3) is 0 Å².